The van der Waals surface area contributed by atoms with Crippen LogP contribution >= 0.6 is 22.6 Å². The minimum absolute atomic E-state index is 0.973. The molecule has 38 valence electrons. The molecule has 0 aromatic carbocycles. The number of aromatic nitrogens is 1. The van der Waals surface area contributed by atoms with Crippen molar-refractivity contribution in [2.24, 2.45) is 0 Å². The molecule has 0 spiro atoms. The third-order valence-electron chi connectivity index (χ3n) is 0.638. The first-order valence-corrected chi connectivity index (χ1v) is 3.40. The van der Waals surface area contributed by atoms with Crippen molar-refractivity contribution >= 4 is 22.6 Å². The molecule has 1 aromatic rings. The lowest BCUT2D eigenvalue weighted by atomic mass is 10.4. The Morgan fingerprint density at radius 3 is 3.00 bits per heavy atom. The minimum atomic E-state index is 0.973. The molecule has 3 heteroatoms. The highest BCUT2D eigenvalue weighted by Crippen LogP contribution is 2.01. The van der Waals surface area contributed by atoms with Gasteiger partial charge in [-0.15, -0.1) is 0 Å². The zero-order valence-electron chi connectivity index (χ0n) is 3.60. The first-order valence-electron chi connectivity index (χ1n) is 1.87. The van der Waals surface area contributed by atoms with Gasteiger partial charge in [-0.3, -0.25) is 0 Å². The second-order valence-corrected chi connectivity index (χ2v) is 1.93. The first-order chi connectivity index (χ1) is 3.43. The average Bonchev–Trinajstić information content (AvgIpc) is 2.14. The van der Waals surface area contributed by atoms with Gasteiger partial charge in [-0.05, 0) is 0 Å². The van der Waals surface area contributed by atoms with Crippen LogP contribution in [0.3, 0.4) is 0 Å². The van der Waals surface area contributed by atoms with Crippen LogP contribution in [-0.2, 0) is 4.43 Å². The molecule has 0 N–H and O–H groups in total. The van der Waals surface area contributed by atoms with E-state index in [1.165, 1.54) is 0 Å². The van der Waals surface area contributed by atoms with Crippen LogP contribution in [0, 0.1) is 0 Å². The Kier molecular flexibility index (Phi) is 1.67. The van der Waals surface area contributed by atoms with Gasteiger partial charge in [-0.1, -0.05) is 27.7 Å². The van der Waals surface area contributed by atoms with E-state index in [1.807, 2.05) is 0 Å². The van der Waals surface area contributed by atoms with Crippen LogP contribution < -0.4 is 0 Å². The normalized spacial score (nSPS) is 9.29. The topological polar surface area (TPSA) is 26.0 Å². The molecule has 1 aromatic heterocycles. The van der Waals surface area contributed by atoms with Gasteiger partial charge in [0.1, 0.15) is 6.26 Å². The Balaban J connectivity index is 2.76. The molecule has 0 saturated heterocycles. The summed E-state index contributed by atoms with van der Waals surface area (Å²) in [6, 6.07) is 0. The Bertz CT molecular complexity index is 126. The third kappa shape index (κ3) is 1.15. The van der Waals surface area contributed by atoms with E-state index >= 15 is 0 Å². The van der Waals surface area contributed by atoms with Crippen LogP contribution in [0.25, 0.3) is 0 Å². The average molecular weight is 209 g/mol. The lowest BCUT2D eigenvalue weighted by Gasteiger charge is -1.72. The summed E-state index contributed by atoms with van der Waals surface area (Å²) >= 11 is 2.25. The van der Waals surface area contributed by atoms with Gasteiger partial charge < -0.3 is 4.52 Å². The molecule has 0 atom stereocenters. The molecule has 0 aliphatic heterocycles. The standard InChI is InChI=1S/C4H4INO/c5-1-4-2-6-7-3-4/h2-3H,1H2. The van der Waals surface area contributed by atoms with E-state index in [2.05, 4.69) is 32.3 Å². The Morgan fingerprint density at radius 2 is 2.71 bits per heavy atom. The van der Waals surface area contributed by atoms with Gasteiger partial charge in [0.2, 0.25) is 0 Å². The van der Waals surface area contributed by atoms with E-state index in [-0.39, 0.29) is 0 Å². The van der Waals surface area contributed by atoms with Gasteiger partial charge in [0.25, 0.3) is 0 Å². The van der Waals surface area contributed by atoms with Gasteiger partial charge in [0.05, 0.1) is 6.20 Å². The number of alkyl halides is 1. The molecule has 0 saturated carbocycles. The van der Waals surface area contributed by atoms with E-state index in [9.17, 15) is 0 Å². The smallest absolute Gasteiger partial charge is 0.127 e. The van der Waals surface area contributed by atoms with Crippen LogP contribution in [0.1, 0.15) is 5.56 Å². The molecule has 1 heterocycles. The van der Waals surface area contributed by atoms with Crippen molar-refractivity contribution in [2.75, 3.05) is 0 Å². The maximum Gasteiger partial charge on any atom is 0.127 e. The zero-order valence-corrected chi connectivity index (χ0v) is 5.75. The molecular formula is C4H4INO. The number of hydrogen-bond donors (Lipinski definition) is 0. The van der Waals surface area contributed by atoms with Crippen molar-refractivity contribution in [2.45, 2.75) is 4.43 Å². The van der Waals surface area contributed by atoms with Crippen molar-refractivity contribution in [3.63, 3.8) is 0 Å². The molecule has 0 aliphatic carbocycles. The highest BCUT2D eigenvalue weighted by Gasteiger charge is 1.86. The number of halogens is 1. The lowest BCUT2D eigenvalue weighted by Crippen LogP contribution is -1.62. The fraction of sp³-hybridized carbons (Fsp3) is 0.250. The van der Waals surface area contributed by atoms with Gasteiger partial charge >= 0.3 is 0 Å². The summed E-state index contributed by atoms with van der Waals surface area (Å²) in [4.78, 5) is 0. The van der Waals surface area contributed by atoms with Crippen LogP contribution in [0.5, 0.6) is 0 Å². The van der Waals surface area contributed by atoms with Crippen molar-refractivity contribution in [1.29, 1.82) is 0 Å². The zero-order chi connectivity index (χ0) is 5.11. The predicted octanol–water partition coefficient (Wildman–Crippen LogP) is 1.61. The SMILES string of the molecule is ICc1cnoc1. The van der Waals surface area contributed by atoms with Crippen LogP contribution in [0.15, 0.2) is 17.0 Å². The summed E-state index contributed by atoms with van der Waals surface area (Å²) in [6.45, 7) is 0. The summed E-state index contributed by atoms with van der Waals surface area (Å²) < 4.78 is 5.52. The van der Waals surface area contributed by atoms with Crippen molar-refractivity contribution in [3.05, 3.63) is 18.0 Å². The summed E-state index contributed by atoms with van der Waals surface area (Å²) in [5, 5.41) is 3.51. The van der Waals surface area contributed by atoms with E-state index in [1.54, 1.807) is 12.5 Å². The first kappa shape index (κ1) is 5.08. The third-order valence-corrected chi connectivity index (χ3v) is 1.52. The van der Waals surface area contributed by atoms with E-state index in [0.29, 0.717) is 0 Å². The second kappa shape index (κ2) is 2.30. The summed E-state index contributed by atoms with van der Waals surface area (Å²) in [5.41, 5.74) is 1.14. The molecular weight excluding hydrogens is 205 g/mol. The molecule has 0 fully saturated rings. The van der Waals surface area contributed by atoms with Gasteiger partial charge in [-0.25, -0.2) is 0 Å². The van der Waals surface area contributed by atoms with E-state index in [0.717, 1.165) is 9.99 Å². The Morgan fingerprint density at radius 1 is 1.86 bits per heavy atom. The molecule has 0 aliphatic rings. The Hall–Kier alpha value is -0.0600. The second-order valence-electron chi connectivity index (χ2n) is 1.17. The molecule has 1 rings (SSSR count). The van der Waals surface area contributed by atoms with Crippen LogP contribution in [0.4, 0.5) is 0 Å². The van der Waals surface area contributed by atoms with Crippen molar-refractivity contribution in [3.8, 4) is 0 Å². The van der Waals surface area contributed by atoms with Crippen molar-refractivity contribution < 1.29 is 4.52 Å². The van der Waals surface area contributed by atoms with E-state index < -0.39 is 0 Å². The van der Waals surface area contributed by atoms with Gasteiger partial charge in [-0.2, -0.15) is 0 Å². The van der Waals surface area contributed by atoms with Crippen LogP contribution in [0.2, 0.25) is 0 Å². The summed E-state index contributed by atoms with van der Waals surface area (Å²) in [7, 11) is 0. The quantitative estimate of drug-likeness (QED) is 0.518. The summed E-state index contributed by atoms with van der Waals surface area (Å²) in [5.74, 6) is 0. The fourth-order valence-electron chi connectivity index (χ4n) is 0.293. The maximum absolute atomic E-state index is 4.55. The fourth-order valence-corrected chi connectivity index (χ4v) is 0.669. The molecule has 0 radical (unpaired) electrons. The number of nitrogens with zero attached hydrogens (tertiary/aromatic N) is 1. The van der Waals surface area contributed by atoms with Crippen LogP contribution in [-0.4, -0.2) is 5.16 Å². The predicted molar refractivity (Wildman–Crippen MR) is 34.2 cm³/mol. The van der Waals surface area contributed by atoms with Gasteiger partial charge in [0.15, 0.2) is 0 Å². The number of rotatable bonds is 1. The monoisotopic (exact) mass is 209 g/mol. The molecule has 2 nitrogen and oxygen atoms in total. The van der Waals surface area contributed by atoms with Crippen molar-refractivity contribution in [1.82, 2.24) is 5.16 Å². The molecule has 0 amide bonds. The Labute approximate surface area is 55.0 Å². The number of hydrogen-bond acceptors (Lipinski definition) is 2. The maximum atomic E-state index is 4.55. The highest BCUT2D eigenvalue weighted by molar-refractivity contribution is 14.1. The largest absolute Gasteiger partial charge is 0.364 e. The van der Waals surface area contributed by atoms with E-state index in [4.69, 9.17) is 0 Å². The molecule has 0 unspecified atom stereocenters. The highest BCUT2D eigenvalue weighted by atomic mass is 127. The minimum Gasteiger partial charge on any atom is -0.364 e. The molecule has 0 bridgehead atoms. The van der Waals surface area contributed by atoms with Gasteiger partial charge in [0, 0.05) is 9.99 Å². The summed E-state index contributed by atoms with van der Waals surface area (Å²) in [6.07, 6.45) is 3.36. The lowest BCUT2D eigenvalue weighted by molar-refractivity contribution is 0.419. The molecule has 7 heavy (non-hydrogen) atoms.